The smallest absolute Gasteiger partial charge is 0.270 e. The van der Waals surface area contributed by atoms with Crippen LogP contribution < -0.4 is 10.6 Å². The first kappa shape index (κ1) is 15.0. The van der Waals surface area contributed by atoms with E-state index in [1.165, 1.54) is 12.1 Å². The Morgan fingerprint density at radius 1 is 1.57 bits per heavy atom. The van der Waals surface area contributed by atoms with Crippen LogP contribution in [-0.2, 0) is 0 Å². The summed E-state index contributed by atoms with van der Waals surface area (Å²) in [6.07, 6.45) is 1.66. The number of non-ortho nitro benzene ring substituents is 1. The molecule has 4 N–H and O–H groups in total. The highest BCUT2D eigenvalue weighted by Gasteiger charge is 2.25. The van der Waals surface area contributed by atoms with E-state index in [1.807, 2.05) is 4.90 Å². The normalized spacial score (nSPS) is 19.0. The maximum Gasteiger partial charge on any atom is 0.270 e. The van der Waals surface area contributed by atoms with Crippen molar-refractivity contribution in [1.29, 1.82) is 0 Å². The van der Waals surface area contributed by atoms with Crippen molar-refractivity contribution in [2.75, 3.05) is 24.6 Å². The van der Waals surface area contributed by atoms with Crippen LogP contribution in [-0.4, -0.2) is 40.8 Å². The zero-order chi connectivity index (χ0) is 15.4. The summed E-state index contributed by atoms with van der Waals surface area (Å²) in [7, 11) is 0. The van der Waals surface area contributed by atoms with Gasteiger partial charge in [-0.3, -0.25) is 10.1 Å². The molecule has 1 fully saturated rings. The van der Waals surface area contributed by atoms with Crippen molar-refractivity contribution < 1.29 is 15.2 Å². The number of hydrogen-bond donors (Lipinski definition) is 3. The molecule has 1 unspecified atom stereocenters. The second kappa shape index (κ2) is 6.40. The largest absolute Gasteiger partial charge is 0.409 e. The van der Waals surface area contributed by atoms with E-state index in [2.05, 4.69) is 5.16 Å². The van der Waals surface area contributed by atoms with Gasteiger partial charge in [-0.15, -0.1) is 0 Å². The molecular weight excluding hydrogens is 276 g/mol. The third-order valence-corrected chi connectivity index (χ3v) is 3.74. The van der Waals surface area contributed by atoms with Gasteiger partial charge in [0.15, 0.2) is 5.84 Å². The zero-order valence-corrected chi connectivity index (χ0v) is 11.5. The lowest BCUT2D eigenvalue weighted by atomic mass is 10.1. The number of aliphatic hydroxyl groups is 1. The van der Waals surface area contributed by atoms with Crippen LogP contribution in [0, 0.1) is 16.0 Å². The lowest BCUT2D eigenvalue weighted by Crippen LogP contribution is -2.25. The molecule has 0 aromatic heterocycles. The van der Waals surface area contributed by atoms with Gasteiger partial charge in [0, 0.05) is 37.5 Å². The molecule has 1 aliphatic rings. The van der Waals surface area contributed by atoms with Crippen molar-refractivity contribution in [3.05, 3.63) is 33.9 Å². The number of amidine groups is 1. The number of hydrogen-bond acceptors (Lipinski definition) is 6. The van der Waals surface area contributed by atoms with Crippen LogP contribution in [0.1, 0.15) is 18.4 Å². The topological polar surface area (TPSA) is 125 Å². The number of anilines is 1. The Balaban J connectivity index is 2.33. The van der Waals surface area contributed by atoms with Crippen LogP contribution in [0.2, 0.25) is 0 Å². The van der Waals surface area contributed by atoms with Gasteiger partial charge in [-0.2, -0.15) is 0 Å². The molecule has 0 amide bonds. The number of nitro benzene ring substituents is 1. The highest BCUT2D eigenvalue weighted by Crippen LogP contribution is 2.30. The fraction of sp³-hybridized carbons (Fsp3) is 0.462. The summed E-state index contributed by atoms with van der Waals surface area (Å²) in [5.74, 6) is 0.227. The van der Waals surface area contributed by atoms with Gasteiger partial charge in [0.25, 0.3) is 5.69 Å². The van der Waals surface area contributed by atoms with Gasteiger partial charge in [-0.1, -0.05) is 5.16 Å². The maximum absolute atomic E-state index is 10.9. The Hall–Kier alpha value is -2.35. The van der Waals surface area contributed by atoms with Crippen LogP contribution in [0.4, 0.5) is 11.4 Å². The first-order valence-corrected chi connectivity index (χ1v) is 6.69. The molecule has 0 bridgehead atoms. The molecule has 1 atom stereocenters. The highest BCUT2D eigenvalue weighted by atomic mass is 16.6. The van der Waals surface area contributed by atoms with Crippen LogP contribution >= 0.6 is 0 Å². The van der Waals surface area contributed by atoms with Gasteiger partial charge >= 0.3 is 0 Å². The Kier molecular flexibility index (Phi) is 4.59. The average Bonchev–Trinajstić information content (AvgIpc) is 2.94. The lowest BCUT2D eigenvalue weighted by molar-refractivity contribution is -0.384. The van der Waals surface area contributed by atoms with Gasteiger partial charge in [0.05, 0.1) is 10.5 Å². The monoisotopic (exact) mass is 294 g/mol. The SMILES string of the molecule is N/C(=N/O)c1cc([N+](=O)[O-])ccc1N1CCC(CCO)C1. The van der Waals surface area contributed by atoms with Crippen LogP contribution in [0.3, 0.4) is 0 Å². The van der Waals surface area contributed by atoms with Crippen LogP contribution in [0.25, 0.3) is 0 Å². The van der Waals surface area contributed by atoms with Gasteiger partial charge in [-0.05, 0) is 24.8 Å². The van der Waals surface area contributed by atoms with Crippen molar-refractivity contribution in [2.45, 2.75) is 12.8 Å². The molecule has 0 saturated carbocycles. The molecule has 1 aromatic rings. The first-order valence-electron chi connectivity index (χ1n) is 6.69. The van der Waals surface area contributed by atoms with Crippen molar-refractivity contribution in [3.63, 3.8) is 0 Å². The summed E-state index contributed by atoms with van der Waals surface area (Å²) in [5, 5.41) is 31.7. The van der Waals surface area contributed by atoms with E-state index < -0.39 is 4.92 Å². The summed E-state index contributed by atoms with van der Waals surface area (Å²) in [6, 6.07) is 4.33. The summed E-state index contributed by atoms with van der Waals surface area (Å²) >= 11 is 0. The number of aliphatic hydroxyl groups excluding tert-OH is 1. The van der Waals surface area contributed by atoms with E-state index in [0.29, 0.717) is 17.2 Å². The summed E-state index contributed by atoms with van der Waals surface area (Å²) in [6.45, 7) is 1.66. The predicted octanol–water partition coefficient (Wildman–Crippen LogP) is 0.898. The van der Waals surface area contributed by atoms with Crippen molar-refractivity contribution in [1.82, 2.24) is 0 Å². The number of nitro groups is 1. The minimum Gasteiger partial charge on any atom is -0.409 e. The highest BCUT2D eigenvalue weighted by molar-refractivity contribution is 6.02. The molecule has 2 rings (SSSR count). The number of rotatable bonds is 5. The minimum absolute atomic E-state index is 0.105. The molecule has 21 heavy (non-hydrogen) atoms. The fourth-order valence-corrected chi connectivity index (χ4v) is 2.64. The Labute approximate surface area is 121 Å². The quantitative estimate of drug-likeness (QED) is 0.243. The molecule has 0 radical (unpaired) electrons. The number of nitrogens with two attached hydrogens (primary N) is 1. The minimum atomic E-state index is -0.517. The molecule has 114 valence electrons. The van der Waals surface area contributed by atoms with E-state index in [1.54, 1.807) is 6.07 Å². The molecule has 1 aromatic carbocycles. The van der Waals surface area contributed by atoms with E-state index in [4.69, 9.17) is 16.0 Å². The number of nitrogens with zero attached hydrogens (tertiary/aromatic N) is 3. The molecule has 8 heteroatoms. The van der Waals surface area contributed by atoms with E-state index in [-0.39, 0.29) is 18.1 Å². The standard InChI is InChI=1S/C13H18N4O4/c14-13(15-19)11-7-10(17(20)21)1-2-12(11)16-5-3-9(8-16)4-6-18/h1-2,7,9,18-19H,3-6,8H2,(H2,14,15). The second-order valence-electron chi connectivity index (χ2n) is 5.06. The lowest BCUT2D eigenvalue weighted by Gasteiger charge is -2.21. The summed E-state index contributed by atoms with van der Waals surface area (Å²) < 4.78 is 0. The third kappa shape index (κ3) is 3.22. The molecule has 1 saturated heterocycles. The number of oxime groups is 1. The predicted molar refractivity (Wildman–Crippen MR) is 77.6 cm³/mol. The van der Waals surface area contributed by atoms with Crippen molar-refractivity contribution in [3.8, 4) is 0 Å². The third-order valence-electron chi connectivity index (χ3n) is 3.74. The zero-order valence-electron chi connectivity index (χ0n) is 11.5. The molecule has 1 aliphatic heterocycles. The molecular formula is C13H18N4O4. The Bertz CT molecular complexity index is 561. The summed E-state index contributed by atoms with van der Waals surface area (Å²) in [4.78, 5) is 12.4. The van der Waals surface area contributed by atoms with E-state index >= 15 is 0 Å². The Morgan fingerprint density at radius 3 is 2.95 bits per heavy atom. The van der Waals surface area contributed by atoms with Gasteiger partial charge < -0.3 is 20.9 Å². The first-order chi connectivity index (χ1) is 10.1. The van der Waals surface area contributed by atoms with E-state index in [9.17, 15) is 10.1 Å². The van der Waals surface area contributed by atoms with Crippen LogP contribution in [0.15, 0.2) is 23.4 Å². The molecule has 8 nitrogen and oxygen atoms in total. The van der Waals surface area contributed by atoms with Crippen molar-refractivity contribution >= 4 is 17.2 Å². The Morgan fingerprint density at radius 2 is 2.33 bits per heavy atom. The van der Waals surface area contributed by atoms with Gasteiger partial charge in [0.2, 0.25) is 0 Å². The van der Waals surface area contributed by atoms with Gasteiger partial charge in [-0.25, -0.2) is 0 Å². The summed E-state index contributed by atoms with van der Waals surface area (Å²) in [5.41, 5.74) is 6.58. The maximum atomic E-state index is 10.9. The van der Waals surface area contributed by atoms with Gasteiger partial charge in [0.1, 0.15) is 0 Å². The fourth-order valence-electron chi connectivity index (χ4n) is 2.64. The van der Waals surface area contributed by atoms with Crippen LogP contribution in [0.5, 0.6) is 0 Å². The number of benzene rings is 1. The van der Waals surface area contributed by atoms with E-state index in [0.717, 1.165) is 25.9 Å². The molecule has 0 aliphatic carbocycles. The molecule has 0 spiro atoms. The molecule has 1 heterocycles. The van der Waals surface area contributed by atoms with Crippen molar-refractivity contribution in [2.24, 2.45) is 16.8 Å². The second-order valence-corrected chi connectivity index (χ2v) is 5.06. The average molecular weight is 294 g/mol.